The molecule has 2 aromatic heterocycles. The Morgan fingerprint density at radius 3 is 2.90 bits per heavy atom. The summed E-state index contributed by atoms with van der Waals surface area (Å²) in [6, 6.07) is 4.38. The number of hydrogen-bond acceptors (Lipinski definition) is 5. The molecule has 2 aromatic rings. The fourth-order valence-electron chi connectivity index (χ4n) is 2.47. The van der Waals surface area contributed by atoms with Crippen molar-refractivity contribution in [1.29, 1.82) is 0 Å². The lowest BCUT2D eigenvalue weighted by atomic mass is 10.2. The van der Waals surface area contributed by atoms with Crippen LogP contribution in [0.2, 0.25) is 0 Å². The van der Waals surface area contributed by atoms with Crippen molar-refractivity contribution in [2.75, 3.05) is 6.54 Å². The molecular formula is C13H13NO5S2. The zero-order valence-electron chi connectivity index (χ0n) is 10.9. The highest BCUT2D eigenvalue weighted by atomic mass is 32.2. The summed E-state index contributed by atoms with van der Waals surface area (Å²) in [5.74, 6) is -0.511. The first kappa shape index (κ1) is 14.3. The zero-order chi connectivity index (χ0) is 15.0. The summed E-state index contributed by atoms with van der Waals surface area (Å²) in [4.78, 5) is 10.9. The molecule has 6 nitrogen and oxygen atoms in total. The topological polar surface area (TPSA) is 87.8 Å². The first-order chi connectivity index (χ1) is 10.00. The van der Waals surface area contributed by atoms with Crippen LogP contribution in [0.3, 0.4) is 0 Å². The molecule has 0 spiro atoms. The van der Waals surface area contributed by atoms with Gasteiger partial charge in [-0.05, 0) is 31.0 Å². The van der Waals surface area contributed by atoms with Gasteiger partial charge in [0.1, 0.15) is 9.97 Å². The molecule has 3 rings (SSSR count). The Morgan fingerprint density at radius 1 is 1.48 bits per heavy atom. The van der Waals surface area contributed by atoms with Crippen molar-refractivity contribution in [2.45, 2.75) is 23.1 Å². The summed E-state index contributed by atoms with van der Waals surface area (Å²) in [7, 11) is -3.70. The van der Waals surface area contributed by atoms with E-state index in [1.807, 2.05) is 0 Å². The molecule has 0 aliphatic carbocycles. The molecule has 3 heterocycles. The molecule has 0 bridgehead atoms. The van der Waals surface area contributed by atoms with Crippen LogP contribution in [-0.2, 0) is 10.0 Å². The largest absolute Gasteiger partial charge is 0.478 e. The van der Waals surface area contributed by atoms with Crippen LogP contribution in [0.25, 0.3) is 0 Å². The van der Waals surface area contributed by atoms with Gasteiger partial charge in [0.2, 0.25) is 0 Å². The quantitative estimate of drug-likeness (QED) is 0.932. The van der Waals surface area contributed by atoms with E-state index < -0.39 is 16.0 Å². The smallest absolute Gasteiger partial charge is 0.336 e. The van der Waals surface area contributed by atoms with Gasteiger partial charge in [-0.2, -0.15) is 4.31 Å². The van der Waals surface area contributed by atoms with Crippen LogP contribution in [-0.4, -0.2) is 30.3 Å². The van der Waals surface area contributed by atoms with Crippen LogP contribution in [0.5, 0.6) is 0 Å². The van der Waals surface area contributed by atoms with Gasteiger partial charge in [-0.3, -0.25) is 0 Å². The molecule has 1 atom stereocenters. The van der Waals surface area contributed by atoms with Gasteiger partial charge in [0.05, 0.1) is 17.9 Å². The third kappa shape index (κ3) is 2.50. The van der Waals surface area contributed by atoms with E-state index in [-0.39, 0.29) is 15.8 Å². The van der Waals surface area contributed by atoms with Crippen molar-refractivity contribution in [3.8, 4) is 0 Å². The van der Waals surface area contributed by atoms with Gasteiger partial charge in [0.15, 0.2) is 0 Å². The van der Waals surface area contributed by atoms with Crippen molar-refractivity contribution in [3.63, 3.8) is 0 Å². The number of aromatic carboxylic acids is 1. The van der Waals surface area contributed by atoms with Crippen LogP contribution in [0.15, 0.2) is 38.5 Å². The minimum Gasteiger partial charge on any atom is -0.478 e. The Morgan fingerprint density at radius 2 is 2.29 bits per heavy atom. The number of sulfonamides is 1. The number of furan rings is 1. The highest BCUT2D eigenvalue weighted by Crippen LogP contribution is 2.38. The average molecular weight is 327 g/mol. The molecule has 1 aliphatic heterocycles. The molecule has 0 radical (unpaired) electrons. The summed E-state index contributed by atoms with van der Waals surface area (Å²) in [6.45, 7) is 0.411. The third-order valence-electron chi connectivity index (χ3n) is 3.46. The predicted molar refractivity (Wildman–Crippen MR) is 75.9 cm³/mol. The van der Waals surface area contributed by atoms with E-state index in [0.29, 0.717) is 18.7 Å². The third-order valence-corrected chi connectivity index (χ3v) is 6.78. The lowest BCUT2D eigenvalue weighted by Gasteiger charge is -2.21. The van der Waals surface area contributed by atoms with Crippen LogP contribution < -0.4 is 0 Å². The second-order valence-electron chi connectivity index (χ2n) is 4.75. The number of hydrogen-bond donors (Lipinski definition) is 1. The number of thiophene rings is 1. The highest BCUT2D eigenvalue weighted by Gasteiger charge is 2.38. The Labute approximate surface area is 125 Å². The second-order valence-corrected chi connectivity index (χ2v) is 7.78. The van der Waals surface area contributed by atoms with Crippen molar-refractivity contribution in [3.05, 3.63) is 41.2 Å². The van der Waals surface area contributed by atoms with Gasteiger partial charge in [-0.25, -0.2) is 13.2 Å². The van der Waals surface area contributed by atoms with E-state index in [0.717, 1.165) is 17.8 Å². The van der Waals surface area contributed by atoms with Crippen LogP contribution in [0, 0.1) is 0 Å². The molecule has 1 unspecified atom stereocenters. The molecule has 1 saturated heterocycles. The van der Waals surface area contributed by atoms with Crippen LogP contribution >= 0.6 is 11.3 Å². The predicted octanol–water partition coefficient (Wildman–Crippen LogP) is 2.57. The first-order valence-corrected chi connectivity index (χ1v) is 8.69. The summed E-state index contributed by atoms with van der Waals surface area (Å²) < 4.78 is 32.1. The van der Waals surface area contributed by atoms with Crippen LogP contribution in [0.4, 0.5) is 0 Å². The summed E-state index contributed by atoms with van der Waals surface area (Å²) in [5, 5.41) is 10.3. The molecule has 1 N–H and O–H groups in total. The minimum atomic E-state index is -3.70. The Balaban J connectivity index is 1.95. The number of carbonyl (C=O) groups is 1. The maximum absolute atomic E-state index is 12.7. The van der Waals surface area contributed by atoms with E-state index in [9.17, 15) is 13.2 Å². The van der Waals surface area contributed by atoms with Crippen LogP contribution in [0.1, 0.15) is 35.0 Å². The van der Waals surface area contributed by atoms with Gasteiger partial charge in [0, 0.05) is 11.9 Å². The highest BCUT2D eigenvalue weighted by molar-refractivity contribution is 7.91. The average Bonchev–Trinajstić information content (AvgIpc) is 3.19. The standard InChI is InChI=1S/C13H13NO5S2/c15-13(16)9-7-12(20-8-9)21(17,18)14-5-1-3-10(14)11-4-2-6-19-11/h2,4,6-8,10H,1,3,5H2,(H,15,16). The van der Waals surface area contributed by atoms with Gasteiger partial charge >= 0.3 is 5.97 Å². The molecule has 0 amide bonds. The molecule has 21 heavy (non-hydrogen) atoms. The zero-order valence-corrected chi connectivity index (χ0v) is 12.6. The normalized spacial score (nSPS) is 19.9. The van der Waals surface area contributed by atoms with Crippen molar-refractivity contribution in [2.24, 2.45) is 0 Å². The van der Waals surface area contributed by atoms with Gasteiger partial charge in [-0.1, -0.05) is 0 Å². The lowest BCUT2D eigenvalue weighted by Crippen LogP contribution is -2.30. The molecule has 1 fully saturated rings. The lowest BCUT2D eigenvalue weighted by molar-refractivity contribution is 0.0697. The van der Waals surface area contributed by atoms with E-state index in [1.165, 1.54) is 22.0 Å². The van der Waals surface area contributed by atoms with E-state index in [2.05, 4.69) is 0 Å². The monoisotopic (exact) mass is 327 g/mol. The summed E-state index contributed by atoms with van der Waals surface area (Å²) >= 11 is 0.930. The number of carboxylic acid groups (broad SMARTS) is 1. The number of carboxylic acids is 1. The number of nitrogens with zero attached hydrogens (tertiary/aromatic N) is 1. The van der Waals surface area contributed by atoms with Crippen molar-refractivity contribution >= 4 is 27.3 Å². The molecule has 0 aromatic carbocycles. The Bertz CT molecular complexity index is 747. The first-order valence-electron chi connectivity index (χ1n) is 6.37. The number of rotatable bonds is 4. The summed E-state index contributed by atoms with van der Waals surface area (Å²) in [5.41, 5.74) is -0.00711. The van der Waals surface area contributed by atoms with E-state index >= 15 is 0 Å². The van der Waals surface area contributed by atoms with Crippen molar-refractivity contribution in [1.82, 2.24) is 4.31 Å². The fourth-order valence-corrected chi connectivity index (χ4v) is 5.42. The van der Waals surface area contributed by atoms with Crippen molar-refractivity contribution < 1.29 is 22.7 Å². The summed E-state index contributed by atoms with van der Waals surface area (Å²) in [6.07, 6.45) is 2.97. The molecule has 1 aliphatic rings. The minimum absolute atomic E-state index is 0.00711. The van der Waals surface area contributed by atoms with Gasteiger partial charge in [0.25, 0.3) is 10.0 Å². The Hall–Kier alpha value is -1.64. The molecular weight excluding hydrogens is 314 g/mol. The maximum Gasteiger partial charge on any atom is 0.336 e. The molecule has 112 valence electrons. The molecule has 8 heteroatoms. The van der Waals surface area contributed by atoms with E-state index in [4.69, 9.17) is 9.52 Å². The molecule has 0 saturated carbocycles. The maximum atomic E-state index is 12.7. The van der Waals surface area contributed by atoms with Gasteiger partial charge in [-0.15, -0.1) is 11.3 Å². The fraction of sp³-hybridized carbons (Fsp3) is 0.308. The Kier molecular flexibility index (Phi) is 3.60. The van der Waals surface area contributed by atoms with Gasteiger partial charge < -0.3 is 9.52 Å². The SMILES string of the molecule is O=C(O)c1csc(S(=O)(=O)N2CCCC2c2ccco2)c1. The second kappa shape index (κ2) is 5.28. The van der Waals surface area contributed by atoms with E-state index in [1.54, 1.807) is 12.1 Å².